The Morgan fingerprint density at radius 1 is 1.57 bits per heavy atom. The maximum atomic E-state index is 11.0. The van der Waals surface area contributed by atoms with Crippen molar-refractivity contribution >= 4 is 23.3 Å². The minimum absolute atomic E-state index is 0.00701. The van der Waals surface area contributed by atoms with Crippen molar-refractivity contribution in [1.82, 2.24) is 9.88 Å². The Morgan fingerprint density at radius 2 is 2.38 bits per heavy atom. The largest absolute Gasteiger partial charge is 0.507 e. The molecule has 108 valence electrons. The van der Waals surface area contributed by atoms with Gasteiger partial charge in [0.05, 0.1) is 11.6 Å². The van der Waals surface area contributed by atoms with E-state index in [0.29, 0.717) is 23.3 Å². The maximum absolute atomic E-state index is 11.0. The number of phenols is 1. The molecule has 0 saturated carbocycles. The van der Waals surface area contributed by atoms with Gasteiger partial charge in [-0.1, -0.05) is 0 Å². The average molecular weight is 287 g/mol. The van der Waals surface area contributed by atoms with E-state index in [1.54, 1.807) is 6.07 Å². The molecule has 1 aromatic heterocycles. The molecule has 0 unspecified atom stereocenters. The van der Waals surface area contributed by atoms with E-state index in [9.17, 15) is 14.7 Å². The second-order valence-electron chi connectivity index (χ2n) is 5.38. The number of nitrogens with two attached hydrogens (primary N) is 1. The second kappa shape index (κ2) is 3.98. The molecule has 2 aromatic rings. The molecule has 7 nitrogen and oxygen atoms in total. The van der Waals surface area contributed by atoms with Crippen LogP contribution in [0, 0.1) is 0 Å². The molecule has 0 spiro atoms. The molecule has 3 heterocycles. The highest BCUT2D eigenvalue weighted by Crippen LogP contribution is 2.46. The Labute approximate surface area is 119 Å². The molecule has 4 N–H and O–H groups in total. The number of aromatic nitrogens is 1. The van der Waals surface area contributed by atoms with E-state index < -0.39 is 6.09 Å². The molecule has 1 aromatic carbocycles. The SMILES string of the molecule is NC(=O)OCc1c2n(c3cc(C=O)cc(O)c13)C[C@@H]1N[C@H]21. The van der Waals surface area contributed by atoms with Crippen molar-refractivity contribution in [3.8, 4) is 5.75 Å². The summed E-state index contributed by atoms with van der Waals surface area (Å²) in [6.07, 6.45) is -0.155. The fourth-order valence-electron chi connectivity index (χ4n) is 3.28. The molecule has 1 amide bonds. The minimum atomic E-state index is -0.856. The van der Waals surface area contributed by atoms with Gasteiger partial charge in [0.1, 0.15) is 18.6 Å². The zero-order valence-corrected chi connectivity index (χ0v) is 11.0. The van der Waals surface area contributed by atoms with Crippen molar-refractivity contribution < 1.29 is 19.4 Å². The zero-order chi connectivity index (χ0) is 14.7. The van der Waals surface area contributed by atoms with Crippen LogP contribution in [-0.2, 0) is 17.9 Å². The van der Waals surface area contributed by atoms with Gasteiger partial charge in [-0.15, -0.1) is 0 Å². The van der Waals surface area contributed by atoms with E-state index in [1.807, 2.05) is 0 Å². The second-order valence-corrected chi connectivity index (χ2v) is 5.38. The Hall–Kier alpha value is -2.54. The number of fused-ring (bicyclic) bond motifs is 5. The number of carbonyl (C=O) groups is 2. The lowest BCUT2D eigenvalue weighted by Gasteiger charge is -2.05. The van der Waals surface area contributed by atoms with Gasteiger partial charge in [0, 0.05) is 34.8 Å². The smallest absolute Gasteiger partial charge is 0.404 e. The molecule has 2 aliphatic heterocycles. The number of benzene rings is 1. The first-order valence-electron chi connectivity index (χ1n) is 6.61. The van der Waals surface area contributed by atoms with E-state index in [-0.39, 0.29) is 18.4 Å². The molecule has 21 heavy (non-hydrogen) atoms. The van der Waals surface area contributed by atoms with Crippen LogP contribution >= 0.6 is 0 Å². The first-order chi connectivity index (χ1) is 10.1. The van der Waals surface area contributed by atoms with Gasteiger partial charge in [-0.3, -0.25) is 4.79 Å². The topological polar surface area (TPSA) is 116 Å². The summed E-state index contributed by atoms with van der Waals surface area (Å²) in [5.74, 6) is 0.0109. The summed E-state index contributed by atoms with van der Waals surface area (Å²) >= 11 is 0. The lowest BCUT2D eigenvalue weighted by atomic mass is 10.1. The van der Waals surface area contributed by atoms with E-state index in [2.05, 4.69) is 9.88 Å². The van der Waals surface area contributed by atoms with Crippen molar-refractivity contribution in [2.45, 2.75) is 25.2 Å². The van der Waals surface area contributed by atoms with E-state index in [1.165, 1.54) is 6.07 Å². The number of aldehydes is 1. The standard InChI is InChI=1S/C14H13N3O4/c15-14(20)21-5-7-11-9(1-6(4-18)2-10(11)19)17-3-8-12(16-8)13(7)17/h1-2,4,8,12,16,19H,3,5H2,(H2,15,20)/t8-,12-/m0/s1. The number of rotatable bonds is 3. The predicted molar refractivity (Wildman–Crippen MR) is 73.0 cm³/mol. The van der Waals surface area contributed by atoms with Crippen LogP contribution < -0.4 is 11.1 Å². The Morgan fingerprint density at radius 3 is 3.10 bits per heavy atom. The Bertz CT molecular complexity index is 795. The molecule has 7 heteroatoms. The van der Waals surface area contributed by atoms with Gasteiger partial charge in [-0.2, -0.15) is 0 Å². The van der Waals surface area contributed by atoms with Crippen molar-refractivity contribution in [1.29, 1.82) is 0 Å². The highest BCUT2D eigenvalue weighted by Gasteiger charge is 2.48. The van der Waals surface area contributed by atoms with Crippen LogP contribution in [-0.4, -0.2) is 28.1 Å². The van der Waals surface area contributed by atoms with Gasteiger partial charge in [0.25, 0.3) is 0 Å². The van der Waals surface area contributed by atoms with Crippen LogP contribution in [0.4, 0.5) is 4.79 Å². The van der Waals surface area contributed by atoms with E-state index in [0.717, 1.165) is 23.3 Å². The van der Waals surface area contributed by atoms with Gasteiger partial charge in [0.15, 0.2) is 0 Å². The van der Waals surface area contributed by atoms with Crippen LogP contribution in [0.2, 0.25) is 0 Å². The molecule has 0 radical (unpaired) electrons. The van der Waals surface area contributed by atoms with Crippen LogP contribution in [0.25, 0.3) is 10.9 Å². The number of primary amides is 1. The third-order valence-corrected chi connectivity index (χ3v) is 4.17. The van der Waals surface area contributed by atoms with Crippen LogP contribution in [0.1, 0.15) is 27.7 Å². The molecule has 1 saturated heterocycles. The lowest BCUT2D eigenvalue weighted by Crippen LogP contribution is -2.13. The molecular weight excluding hydrogens is 274 g/mol. The summed E-state index contributed by atoms with van der Waals surface area (Å²) in [4.78, 5) is 21.9. The highest BCUT2D eigenvalue weighted by atomic mass is 16.5. The third-order valence-electron chi connectivity index (χ3n) is 4.17. The monoisotopic (exact) mass is 287 g/mol. The number of hydrogen-bond donors (Lipinski definition) is 3. The zero-order valence-electron chi connectivity index (χ0n) is 11.0. The number of nitrogens with zero attached hydrogens (tertiary/aromatic N) is 1. The summed E-state index contributed by atoms with van der Waals surface area (Å²) < 4.78 is 6.98. The lowest BCUT2D eigenvalue weighted by molar-refractivity contribution is 0.112. The van der Waals surface area contributed by atoms with Gasteiger partial charge in [0.2, 0.25) is 0 Å². The number of phenolic OH excluding ortho intramolecular Hbond substituents is 1. The van der Waals surface area contributed by atoms with Crippen LogP contribution in [0.5, 0.6) is 5.75 Å². The minimum Gasteiger partial charge on any atom is -0.507 e. The summed E-state index contributed by atoms with van der Waals surface area (Å²) in [6.45, 7) is 0.780. The fraction of sp³-hybridized carbons (Fsp3) is 0.286. The van der Waals surface area contributed by atoms with E-state index in [4.69, 9.17) is 10.5 Å². The van der Waals surface area contributed by atoms with Crippen molar-refractivity contribution in [2.75, 3.05) is 0 Å². The number of nitrogens with one attached hydrogen (secondary N) is 1. The summed E-state index contributed by atoms with van der Waals surface area (Å²) in [6, 6.07) is 3.74. The van der Waals surface area contributed by atoms with Gasteiger partial charge in [-0.05, 0) is 12.1 Å². The number of hydrogen-bond acceptors (Lipinski definition) is 5. The first kappa shape index (κ1) is 12.2. The number of carbonyl (C=O) groups excluding carboxylic acids is 2. The highest BCUT2D eigenvalue weighted by molar-refractivity contribution is 5.96. The number of aromatic hydroxyl groups is 1. The molecule has 2 atom stereocenters. The average Bonchev–Trinajstić information content (AvgIpc) is 3.00. The van der Waals surface area contributed by atoms with Crippen LogP contribution in [0.3, 0.4) is 0 Å². The van der Waals surface area contributed by atoms with Gasteiger partial charge in [-0.25, -0.2) is 4.79 Å². The molecule has 0 bridgehead atoms. The van der Waals surface area contributed by atoms with Gasteiger partial charge >= 0.3 is 6.09 Å². The molecule has 4 rings (SSSR count). The van der Waals surface area contributed by atoms with Crippen molar-refractivity contribution in [3.05, 3.63) is 29.0 Å². The van der Waals surface area contributed by atoms with E-state index >= 15 is 0 Å². The Kier molecular flexibility index (Phi) is 2.32. The summed E-state index contributed by atoms with van der Waals surface area (Å²) in [5.41, 5.74) is 7.97. The third kappa shape index (κ3) is 1.64. The maximum Gasteiger partial charge on any atom is 0.404 e. The first-order valence-corrected chi connectivity index (χ1v) is 6.61. The number of ether oxygens (including phenoxy) is 1. The van der Waals surface area contributed by atoms with Crippen LogP contribution in [0.15, 0.2) is 12.1 Å². The fourth-order valence-corrected chi connectivity index (χ4v) is 3.28. The number of amides is 1. The molecule has 0 aliphatic carbocycles. The van der Waals surface area contributed by atoms with Crippen molar-refractivity contribution in [2.24, 2.45) is 5.73 Å². The van der Waals surface area contributed by atoms with Gasteiger partial charge < -0.3 is 25.5 Å². The summed E-state index contributed by atoms with van der Waals surface area (Å²) in [5, 5.41) is 14.2. The molecule has 2 aliphatic rings. The predicted octanol–water partition coefficient (Wildman–Crippen LogP) is 0.781. The quantitative estimate of drug-likeness (QED) is 0.569. The van der Waals surface area contributed by atoms with Crippen molar-refractivity contribution in [3.63, 3.8) is 0 Å². The summed E-state index contributed by atoms with van der Waals surface area (Å²) in [7, 11) is 0. The molecular formula is C14H13N3O4. The normalized spacial score (nSPS) is 21.9. The Balaban J connectivity index is 1.95. The molecule has 1 fully saturated rings.